The molecule has 9 nitrogen and oxygen atoms in total. The number of pyridine rings is 3. The lowest BCUT2D eigenvalue weighted by atomic mass is 9.90. The van der Waals surface area contributed by atoms with Gasteiger partial charge < -0.3 is 19.6 Å². The zero-order chi connectivity index (χ0) is 28.5. The van der Waals surface area contributed by atoms with Crippen LogP contribution >= 0.6 is 0 Å². The van der Waals surface area contributed by atoms with Crippen molar-refractivity contribution in [1.29, 1.82) is 0 Å². The van der Waals surface area contributed by atoms with Crippen molar-refractivity contribution in [2.45, 2.75) is 58.6 Å². The first-order valence-corrected chi connectivity index (χ1v) is 14.3. The van der Waals surface area contributed by atoms with Crippen LogP contribution in [-0.4, -0.2) is 36.7 Å². The smallest absolute Gasteiger partial charge is 0.276 e. The Morgan fingerprint density at radius 3 is 2.63 bits per heavy atom. The zero-order valence-electron chi connectivity index (χ0n) is 23.6. The number of rotatable bonds is 6. The van der Waals surface area contributed by atoms with Gasteiger partial charge in [-0.2, -0.15) is 0 Å². The maximum absolute atomic E-state index is 13.7. The van der Waals surface area contributed by atoms with Gasteiger partial charge in [0.05, 0.1) is 6.61 Å². The Bertz CT molecular complexity index is 1750. The predicted molar refractivity (Wildman–Crippen MR) is 158 cm³/mol. The Balaban J connectivity index is 1.22. The minimum Gasteiger partial charge on any atom is -0.392 e. The van der Waals surface area contributed by atoms with E-state index in [9.17, 15) is 14.7 Å². The van der Waals surface area contributed by atoms with E-state index in [1.54, 1.807) is 30.4 Å². The van der Waals surface area contributed by atoms with Gasteiger partial charge in [0.25, 0.3) is 11.5 Å². The maximum Gasteiger partial charge on any atom is 0.276 e. The highest BCUT2D eigenvalue weighted by Gasteiger charge is 2.37. The average molecular weight is 551 g/mol. The summed E-state index contributed by atoms with van der Waals surface area (Å²) in [5.41, 5.74) is 6.82. The Hall–Kier alpha value is -4.24. The van der Waals surface area contributed by atoms with Gasteiger partial charge in [-0.25, -0.2) is 9.97 Å². The molecule has 0 aromatic carbocycles. The lowest BCUT2D eigenvalue weighted by Crippen LogP contribution is -2.41. The van der Waals surface area contributed by atoms with Gasteiger partial charge >= 0.3 is 0 Å². The number of fused-ring (bicyclic) bond motifs is 3. The number of hydrogen-bond acceptors (Lipinski definition) is 6. The number of nitrogens with one attached hydrogen (secondary N) is 1. The number of nitrogens with zero attached hydrogens (tertiary/aromatic N) is 5. The van der Waals surface area contributed by atoms with Crippen molar-refractivity contribution in [1.82, 2.24) is 19.1 Å². The van der Waals surface area contributed by atoms with Crippen LogP contribution in [-0.2, 0) is 33.0 Å². The van der Waals surface area contributed by atoms with Gasteiger partial charge in [0.1, 0.15) is 23.0 Å². The summed E-state index contributed by atoms with van der Waals surface area (Å²) in [6.45, 7) is 5.38. The summed E-state index contributed by atoms with van der Waals surface area (Å²) in [5, 5.41) is 13.7. The molecule has 2 aliphatic carbocycles. The molecule has 1 aliphatic heterocycles. The second kappa shape index (κ2) is 9.41. The van der Waals surface area contributed by atoms with Crippen LogP contribution in [0.1, 0.15) is 65.5 Å². The van der Waals surface area contributed by atoms with Crippen LogP contribution in [0.3, 0.4) is 0 Å². The first-order valence-electron chi connectivity index (χ1n) is 14.3. The molecule has 1 saturated carbocycles. The fourth-order valence-corrected chi connectivity index (χ4v) is 6.48. The second-order valence-corrected chi connectivity index (χ2v) is 12.4. The zero-order valence-corrected chi connectivity index (χ0v) is 23.6. The van der Waals surface area contributed by atoms with Crippen LogP contribution in [0, 0.1) is 5.41 Å². The highest BCUT2D eigenvalue weighted by molar-refractivity contribution is 6.06. The van der Waals surface area contributed by atoms with Gasteiger partial charge in [-0.3, -0.25) is 14.5 Å². The van der Waals surface area contributed by atoms with Crippen molar-refractivity contribution in [2.24, 2.45) is 12.5 Å². The molecule has 210 valence electrons. The molecule has 5 heterocycles. The van der Waals surface area contributed by atoms with Crippen molar-refractivity contribution in [3.05, 3.63) is 87.4 Å². The summed E-state index contributed by atoms with van der Waals surface area (Å²) in [5.74, 6) is 1.54. The molecular weight excluding hydrogens is 516 g/mol. The van der Waals surface area contributed by atoms with E-state index in [0.717, 1.165) is 18.4 Å². The topological polar surface area (TPSA) is 105 Å². The van der Waals surface area contributed by atoms with Crippen LogP contribution in [0.15, 0.2) is 53.7 Å². The number of aromatic nitrogens is 4. The summed E-state index contributed by atoms with van der Waals surface area (Å²) in [6.07, 6.45) is 9.61. The first kappa shape index (κ1) is 25.7. The van der Waals surface area contributed by atoms with E-state index in [-0.39, 0.29) is 23.5 Å². The Morgan fingerprint density at radius 2 is 1.90 bits per heavy atom. The monoisotopic (exact) mass is 550 g/mol. The number of carbonyl (C=O) groups excluding carboxylic acids is 1. The van der Waals surface area contributed by atoms with E-state index in [1.807, 2.05) is 24.4 Å². The fraction of sp³-hybridized carbons (Fsp3) is 0.375. The third kappa shape index (κ3) is 4.44. The molecular formula is C32H34N6O3. The van der Waals surface area contributed by atoms with Gasteiger partial charge in [-0.1, -0.05) is 19.9 Å². The average Bonchev–Trinajstić information content (AvgIpc) is 3.69. The molecule has 41 heavy (non-hydrogen) atoms. The Kier molecular flexibility index (Phi) is 5.90. The third-order valence-corrected chi connectivity index (χ3v) is 8.66. The fourth-order valence-electron chi connectivity index (χ4n) is 6.48. The summed E-state index contributed by atoms with van der Waals surface area (Å²) in [7, 11) is 1.70. The van der Waals surface area contributed by atoms with Crippen molar-refractivity contribution in [2.75, 3.05) is 16.8 Å². The highest BCUT2D eigenvalue weighted by atomic mass is 16.3. The molecule has 0 unspecified atom stereocenters. The molecule has 0 atom stereocenters. The third-order valence-electron chi connectivity index (χ3n) is 8.66. The largest absolute Gasteiger partial charge is 0.392 e. The molecule has 7 rings (SSSR count). The van der Waals surface area contributed by atoms with E-state index >= 15 is 0 Å². The van der Waals surface area contributed by atoms with Crippen LogP contribution in [0.25, 0.3) is 11.1 Å². The molecule has 4 aromatic heterocycles. The van der Waals surface area contributed by atoms with E-state index in [0.29, 0.717) is 53.2 Å². The standard InChI is InChI=1S/C32H34N6O3/c1-32(2)14-21-13-26-31(41)38(11-10-37(26)27(21)15-32)29-24(18-39)23(8-9-33-29)22-12-25(30(40)36(3)17-22)35-28-7-6-20(16-34-28)19-4-5-19/h6-9,12-13,16-17,19,39H,4-5,10-11,14-15,18H2,1-3H3,(H,34,35). The predicted octanol–water partition coefficient (Wildman–Crippen LogP) is 4.54. The van der Waals surface area contributed by atoms with Gasteiger partial charge in [-0.05, 0) is 78.0 Å². The summed E-state index contributed by atoms with van der Waals surface area (Å²) in [4.78, 5) is 37.5. The van der Waals surface area contributed by atoms with Crippen LogP contribution in [0.2, 0.25) is 0 Å². The van der Waals surface area contributed by atoms with Crippen molar-refractivity contribution in [3.63, 3.8) is 0 Å². The Morgan fingerprint density at radius 1 is 1.07 bits per heavy atom. The minimum absolute atomic E-state index is 0.105. The van der Waals surface area contributed by atoms with Crippen LogP contribution < -0.4 is 15.8 Å². The van der Waals surface area contributed by atoms with E-state index in [2.05, 4.69) is 39.8 Å². The molecule has 3 aliphatic rings. The summed E-state index contributed by atoms with van der Waals surface area (Å²) < 4.78 is 3.68. The quantitative estimate of drug-likeness (QED) is 0.365. The van der Waals surface area contributed by atoms with Gasteiger partial charge in [0, 0.05) is 55.5 Å². The van der Waals surface area contributed by atoms with Gasteiger partial charge in [0.15, 0.2) is 0 Å². The van der Waals surface area contributed by atoms with Gasteiger partial charge in [0.2, 0.25) is 0 Å². The van der Waals surface area contributed by atoms with Crippen molar-refractivity contribution < 1.29 is 9.90 Å². The van der Waals surface area contributed by atoms with E-state index in [4.69, 9.17) is 0 Å². The number of aliphatic hydroxyl groups is 1. The maximum atomic E-state index is 13.7. The van der Waals surface area contributed by atoms with Crippen LogP contribution in [0.5, 0.6) is 0 Å². The number of hydrogen-bond donors (Lipinski definition) is 2. The van der Waals surface area contributed by atoms with Crippen LogP contribution in [0.4, 0.5) is 17.3 Å². The normalized spacial score (nSPS) is 17.5. The lowest BCUT2D eigenvalue weighted by Gasteiger charge is -2.31. The molecule has 1 fully saturated rings. The SMILES string of the molecule is Cn1cc(-c2ccnc(N3CCn4c(cc5c4CC(C)(C)C5)C3=O)c2CO)cc(Nc2ccc(C3CC3)cn2)c1=O. The Labute approximate surface area is 238 Å². The second-order valence-electron chi connectivity index (χ2n) is 12.4. The molecule has 0 radical (unpaired) electrons. The molecule has 0 saturated heterocycles. The van der Waals surface area contributed by atoms with Crippen molar-refractivity contribution in [3.8, 4) is 11.1 Å². The number of anilines is 3. The molecule has 1 amide bonds. The van der Waals surface area contributed by atoms with Gasteiger partial charge in [-0.15, -0.1) is 0 Å². The summed E-state index contributed by atoms with van der Waals surface area (Å²) >= 11 is 0. The summed E-state index contributed by atoms with van der Waals surface area (Å²) in [6, 6.07) is 9.58. The van der Waals surface area contributed by atoms with E-state index in [1.165, 1.54) is 34.2 Å². The first-order chi connectivity index (χ1) is 19.7. The molecule has 9 heteroatoms. The molecule has 0 spiro atoms. The highest BCUT2D eigenvalue weighted by Crippen LogP contribution is 2.41. The minimum atomic E-state index is -0.302. The number of aliphatic hydroxyl groups excluding tert-OH is 1. The lowest BCUT2D eigenvalue weighted by molar-refractivity contribution is 0.0962. The number of aryl methyl sites for hydroxylation is 1. The molecule has 4 aromatic rings. The number of amides is 1. The van der Waals surface area contributed by atoms with Crippen molar-refractivity contribution >= 4 is 23.2 Å². The molecule has 0 bridgehead atoms. The number of carbonyl (C=O) groups is 1. The van der Waals surface area contributed by atoms with E-state index < -0.39 is 0 Å². The molecule has 2 N–H and O–H groups in total.